The molecule has 0 aromatic carbocycles. The van der Waals surface area contributed by atoms with Gasteiger partial charge in [0, 0.05) is 0 Å². The van der Waals surface area contributed by atoms with Crippen molar-refractivity contribution >= 4 is 29.5 Å². The van der Waals surface area contributed by atoms with Crippen molar-refractivity contribution in [2.45, 2.75) is 24.5 Å². The zero-order valence-corrected chi connectivity index (χ0v) is 9.96. The van der Waals surface area contributed by atoms with E-state index in [9.17, 15) is 19.5 Å². The number of carboxylic acid groups (broad SMARTS) is 2. The van der Waals surface area contributed by atoms with Crippen molar-refractivity contribution in [3.63, 3.8) is 0 Å². The van der Waals surface area contributed by atoms with Crippen LogP contribution in [0.5, 0.6) is 0 Å². The number of aliphatic hydroxyl groups is 2. The van der Waals surface area contributed by atoms with Gasteiger partial charge in [0.25, 0.3) is 0 Å². The summed E-state index contributed by atoms with van der Waals surface area (Å²) in [5.41, 5.74) is -2.68. The Kier molecular flexibility index (Phi) is 6.60. The van der Waals surface area contributed by atoms with Crippen LogP contribution in [0, 0.1) is 0 Å². The predicted octanol–water partition coefficient (Wildman–Crippen LogP) is -1.19. The maximum absolute atomic E-state index is 11.4. The van der Waals surface area contributed by atoms with Crippen LogP contribution in [0.1, 0.15) is 12.8 Å². The topological polar surface area (TPSA) is 141 Å². The Labute approximate surface area is 107 Å². The first kappa shape index (κ1) is 16.6. The number of hydrogen-bond acceptors (Lipinski definition) is 6. The molecule has 0 rings (SSSR count). The van der Waals surface area contributed by atoms with Crippen LogP contribution in [0.25, 0.3) is 0 Å². The molecule has 1 atom stereocenters. The number of aliphatic hydroxyl groups excluding tert-OH is 1. The molecule has 0 aromatic heterocycles. The highest BCUT2D eigenvalue weighted by Crippen LogP contribution is 2.18. The van der Waals surface area contributed by atoms with Crippen molar-refractivity contribution in [3.05, 3.63) is 0 Å². The van der Waals surface area contributed by atoms with Gasteiger partial charge in [-0.15, -0.1) is 11.6 Å². The van der Waals surface area contributed by atoms with Gasteiger partial charge >= 0.3 is 17.9 Å². The summed E-state index contributed by atoms with van der Waals surface area (Å²) in [5, 5.41) is 35.7. The molecule has 0 fully saturated rings. The van der Waals surface area contributed by atoms with Gasteiger partial charge in [0.2, 0.25) is 0 Å². The Morgan fingerprint density at radius 3 is 1.94 bits per heavy atom. The first-order valence-electron chi connectivity index (χ1n) is 4.78. The lowest BCUT2D eigenvalue weighted by Crippen LogP contribution is -2.45. The predicted molar refractivity (Wildman–Crippen MR) is 57.1 cm³/mol. The van der Waals surface area contributed by atoms with Crippen LogP contribution >= 0.6 is 11.6 Å². The maximum Gasteiger partial charge on any atom is 0.339 e. The number of hydrogen-bond donors (Lipinski definition) is 4. The van der Waals surface area contributed by atoms with E-state index in [0.29, 0.717) is 0 Å². The van der Waals surface area contributed by atoms with Crippen LogP contribution in [0.15, 0.2) is 0 Å². The third kappa shape index (κ3) is 5.80. The third-order valence-electron chi connectivity index (χ3n) is 1.85. The fourth-order valence-electron chi connectivity index (χ4n) is 1.06. The Balaban J connectivity index is 4.68. The van der Waals surface area contributed by atoms with Crippen LogP contribution in [0.3, 0.4) is 0 Å². The fraction of sp³-hybridized carbons (Fsp3) is 0.667. The van der Waals surface area contributed by atoms with E-state index in [-0.39, 0.29) is 5.88 Å². The Morgan fingerprint density at radius 2 is 1.61 bits per heavy atom. The van der Waals surface area contributed by atoms with Gasteiger partial charge in [-0.25, -0.2) is 4.79 Å². The summed E-state index contributed by atoms with van der Waals surface area (Å²) in [5.74, 6) is -4.79. The first-order valence-corrected chi connectivity index (χ1v) is 5.32. The summed E-state index contributed by atoms with van der Waals surface area (Å²) in [6.07, 6.45) is -3.42. The largest absolute Gasteiger partial charge is 0.481 e. The smallest absolute Gasteiger partial charge is 0.339 e. The SMILES string of the molecule is O=C(O)CC(O)(CC(=O)O)C(=O)OCC(O)CCl. The van der Waals surface area contributed by atoms with Crippen molar-refractivity contribution in [1.82, 2.24) is 0 Å². The Bertz CT molecular complexity index is 313. The average Bonchev–Trinajstić information content (AvgIpc) is 2.22. The lowest BCUT2D eigenvalue weighted by Gasteiger charge is -2.22. The molecule has 18 heavy (non-hydrogen) atoms. The molecule has 0 radical (unpaired) electrons. The van der Waals surface area contributed by atoms with Crippen LogP contribution in [0.4, 0.5) is 0 Å². The zero-order valence-electron chi connectivity index (χ0n) is 9.21. The van der Waals surface area contributed by atoms with Crippen LogP contribution < -0.4 is 0 Å². The number of esters is 1. The minimum atomic E-state index is -2.68. The molecule has 0 aromatic rings. The van der Waals surface area contributed by atoms with Gasteiger partial charge in [0.05, 0.1) is 18.7 Å². The van der Waals surface area contributed by atoms with Gasteiger partial charge in [-0.3, -0.25) is 9.59 Å². The molecule has 0 amide bonds. The number of halogens is 1. The molecule has 9 heteroatoms. The molecule has 8 nitrogen and oxygen atoms in total. The molecule has 1 unspecified atom stereocenters. The maximum atomic E-state index is 11.4. The molecule has 4 N–H and O–H groups in total. The van der Waals surface area contributed by atoms with Crippen molar-refractivity contribution < 1.29 is 39.5 Å². The zero-order chi connectivity index (χ0) is 14.3. The lowest BCUT2D eigenvalue weighted by molar-refractivity contribution is -0.177. The average molecular weight is 285 g/mol. The van der Waals surface area contributed by atoms with E-state index < -0.39 is 49.1 Å². The lowest BCUT2D eigenvalue weighted by atomic mass is 9.96. The van der Waals surface area contributed by atoms with Crippen LogP contribution in [0.2, 0.25) is 0 Å². The second-order valence-electron chi connectivity index (χ2n) is 3.58. The number of carbonyl (C=O) groups is 3. The molecule has 0 saturated heterocycles. The Morgan fingerprint density at radius 1 is 1.17 bits per heavy atom. The number of carbonyl (C=O) groups excluding carboxylic acids is 1. The minimum Gasteiger partial charge on any atom is -0.481 e. The molecule has 0 aliphatic carbocycles. The van der Waals surface area contributed by atoms with E-state index in [4.69, 9.17) is 26.9 Å². The summed E-state index contributed by atoms with van der Waals surface area (Å²) in [6.45, 7) is -0.566. The number of ether oxygens (including phenoxy) is 1. The monoisotopic (exact) mass is 284 g/mol. The molecule has 0 aliphatic rings. The molecule has 0 bridgehead atoms. The van der Waals surface area contributed by atoms with Crippen molar-refractivity contribution in [1.29, 1.82) is 0 Å². The molecule has 0 saturated carbocycles. The minimum absolute atomic E-state index is 0.233. The van der Waals surface area contributed by atoms with Gasteiger partial charge in [0.15, 0.2) is 5.60 Å². The number of alkyl halides is 1. The van der Waals surface area contributed by atoms with Crippen molar-refractivity contribution in [2.24, 2.45) is 0 Å². The highest BCUT2D eigenvalue weighted by molar-refractivity contribution is 6.18. The normalized spacial score (nSPS) is 12.8. The van der Waals surface area contributed by atoms with Crippen molar-refractivity contribution in [2.75, 3.05) is 12.5 Å². The summed E-state index contributed by atoms with van der Waals surface area (Å²) >= 11 is 5.23. The van der Waals surface area contributed by atoms with Gasteiger partial charge in [-0.2, -0.15) is 0 Å². The highest BCUT2D eigenvalue weighted by Gasteiger charge is 2.42. The summed E-state index contributed by atoms with van der Waals surface area (Å²) in [6, 6.07) is 0. The first-order chi connectivity index (χ1) is 8.21. The molecule has 0 aliphatic heterocycles. The highest BCUT2D eigenvalue weighted by atomic mass is 35.5. The van der Waals surface area contributed by atoms with Gasteiger partial charge in [-0.1, -0.05) is 0 Å². The standard InChI is InChI=1S/C9H13ClO8/c10-3-5(11)4-18-8(16)9(17,1-6(12)13)2-7(14)15/h5,11,17H,1-4H2,(H,12,13)(H,14,15). The summed E-state index contributed by atoms with van der Waals surface area (Å²) in [4.78, 5) is 32.3. The molecular formula is C9H13ClO8. The van der Waals surface area contributed by atoms with E-state index in [2.05, 4.69) is 4.74 Å². The molecule has 104 valence electrons. The van der Waals surface area contributed by atoms with Gasteiger partial charge in [-0.05, 0) is 0 Å². The Hall–Kier alpha value is -1.38. The van der Waals surface area contributed by atoms with E-state index in [0.717, 1.165) is 0 Å². The second-order valence-corrected chi connectivity index (χ2v) is 3.89. The molecule has 0 spiro atoms. The van der Waals surface area contributed by atoms with E-state index in [1.807, 2.05) is 0 Å². The summed E-state index contributed by atoms with van der Waals surface area (Å²) in [7, 11) is 0. The quantitative estimate of drug-likeness (QED) is 0.322. The fourth-order valence-corrected chi connectivity index (χ4v) is 1.15. The number of carboxylic acids is 2. The van der Waals surface area contributed by atoms with E-state index in [1.54, 1.807) is 0 Å². The third-order valence-corrected chi connectivity index (χ3v) is 2.21. The van der Waals surface area contributed by atoms with Crippen LogP contribution in [-0.2, 0) is 19.1 Å². The van der Waals surface area contributed by atoms with E-state index >= 15 is 0 Å². The number of rotatable bonds is 8. The molecule has 0 heterocycles. The number of aliphatic carboxylic acids is 2. The van der Waals surface area contributed by atoms with Gasteiger partial charge < -0.3 is 25.2 Å². The van der Waals surface area contributed by atoms with Crippen LogP contribution in [-0.4, -0.2) is 62.5 Å². The van der Waals surface area contributed by atoms with Gasteiger partial charge in [0.1, 0.15) is 12.7 Å². The molecular weight excluding hydrogens is 272 g/mol. The van der Waals surface area contributed by atoms with Crippen molar-refractivity contribution in [3.8, 4) is 0 Å². The summed E-state index contributed by atoms with van der Waals surface area (Å²) < 4.78 is 4.41. The second kappa shape index (κ2) is 7.14. The van der Waals surface area contributed by atoms with E-state index in [1.165, 1.54) is 0 Å².